The van der Waals surface area contributed by atoms with E-state index in [4.69, 9.17) is 23.2 Å². The van der Waals surface area contributed by atoms with Gasteiger partial charge in [-0.15, -0.1) is 0 Å². The van der Waals surface area contributed by atoms with Crippen LogP contribution in [0.2, 0.25) is 10.0 Å². The number of hydrogen-bond acceptors (Lipinski definition) is 2. The molecule has 0 aliphatic carbocycles. The van der Waals surface area contributed by atoms with Crippen LogP contribution in [0.1, 0.15) is 27.7 Å². The first-order chi connectivity index (χ1) is 12.6. The first-order valence-electron chi connectivity index (χ1n) is 8.26. The molecule has 0 saturated carbocycles. The van der Waals surface area contributed by atoms with Gasteiger partial charge in [0.1, 0.15) is 6.17 Å². The third-order valence-corrected chi connectivity index (χ3v) is 5.12. The van der Waals surface area contributed by atoms with Crippen LogP contribution in [0, 0.1) is 6.92 Å². The second kappa shape index (κ2) is 6.67. The number of rotatable bonds is 3. The van der Waals surface area contributed by atoms with Crippen LogP contribution in [0.15, 0.2) is 66.7 Å². The summed E-state index contributed by atoms with van der Waals surface area (Å²) in [6.07, 6.45) is -0.365. The van der Waals surface area contributed by atoms with Gasteiger partial charge >= 0.3 is 0 Å². The highest BCUT2D eigenvalue weighted by atomic mass is 35.5. The molecule has 1 amide bonds. The largest absolute Gasteiger partial charge is 0.360 e. The van der Waals surface area contributed by atoms with Gasteiger partial charge in [-0.2, -0.15) is 0 Å². The topological polar surface area (TPSA) is 32.3 Å². The van der Waals surface area contributed by atoms with Gasteiger partial charge in [-0.05, 0) is 42.8 Å². The number of fused-ring (bicyclic) bond motifs is 1. The number of aryl methyl sites for hydroxylation is 1. The maximum atomic E-state index is 13.1. The number of carbonyl (C=O) groups excluding carboxylic acids is 1. The summed E-state index contributed by atoms with van der Waals surface area (Å²) in [4.78, 5) is 14.9. The molecule has 26 heavy (non-hydrogen) atoms. The van der Waals surface area contributed by atoms with Crippen molar-refractivity contribution in [2.45, 2.75) is 13.1 Å². The molecule has 0 spiro atoms. The number of amides is 1. The Labute approximate surface area is 162 Å². The smallest absolute Gasteiger partial charge is 0.260 e. The Balaban J connectivity index is 1.84. The monoisotopic (exact) mass is 382 g/mol. The number of para-hydroxylation sites is 1. The maximum Gasteiger partial charge on any atom is 0.260 e. The predicted molar refractivity (Wildman–Crippen MR) is 107 cm³/mol. The standard InChI is InChI=1S/C21H16Cl2N2O/c1-13-6-2-5-9-19(13)25-20(15-7-3-4-8-16(15)21(25)26)24-18-12-14(22)10-11-17(18)23/h2-12,20,24H,1H3/t20-/m0/s1. The summed E-state index contributed by atoms with van der Waals surface area (Å²) in [5, 5.41) is 4.53. The summed E-state index contributed by atoms with van der Waals surface area (Å²) in [6.45, 7) is 2.00. The van der Waals surface area contributed by atoms with E-state index in [1.807, 2.05) is 55.5 Å². The Kier molecular flexibility index (Phi) is 4.35. The molecule has 5 heteroatoms. The van der Waals surface area contributed by atoms with E-state index in [1.165, 1.54) is 0 Å². The molecule has 3 nitrogen and oxygen atoms in total. The van der Waals surface area contributed by atoms with Crippen LogP contribution < -0.4 is 10.2 Å². The number of carbonyl (C=O) groups is 1. The number of benzene rings is 3. The summed E-state index contributed by atoms with van der Waals surface area (Å²) in [5.74, 6) is -0.0365. The molecular weight excluding hydrogens is 367 g/mol. The fourth-order valence-corrected chi connectivity index (χ4v) is 3.64. The lowest BCUT2D eigenvalue weighted by molar-refractivity contribution is 0.0993. The van der Waals surface area contributed by atoms with E-state index in [9.17, 15) is 4.79 Å². The normalized spacial score (nSPS) is 15.9. The molecule has 1 atom stereocenters. The quantitative estimate of drug-likeness (QED) is 0.595. The molecule has 130 valence electrons. The molecule has 1 N–H and O–H groups in total. The molecular formula is C21H16Cl2N2O. The number of anilines is 2. The van der Waals surface area contributed by atoms with Crippen LogP contribution in [0.5, 0.6) is 0 Å². The zero-order chi connectivity index (χ0) is 18.3. The van der Waals surface area contributed by atoms with Gasteiger partial charge in [0.25, 0.3) is 5.91 Å². The highest BCUT2D eigenvalue weighted by molar-refractivity contribution is 6.35. The fraction of sp³-hybridized carbons (Fsp3) is 0.0952. The van der Waals surface area contributed by atoms with Crippen LogP contribution in [-0.4, -0.2) is 5.91 Å². The Hall–Kier alpha value is -2.49. The van der Waals surface area contributed by atoms with Crippen LogP contribution in [0.3, 0.4) is 0 Å². The highest BCUT2D eigenvalue weighted by Crippen LogP contribution is 2.40. The average molecular weight is 383 g/mol. The molecule has 0 unspecified atom stereocenters. The van der Waals surface area contributed by atoms with Gasteiger partial charge in [-0.3, -0.25) is 9.69 Å². The predicted octanol–water partition coefficient (Wildman–Crippen LogP) is 6.07. The molecule has 0 radical (unpaired) electrons. The molecule has 0 aromatic heterocycles. The van der Waals surface area contributed by atoms with Gasteiger partial charge in [0.05, 0.1) is 10.7 Å². The van der Waals surface area contributed by atoms with E-state index in [2.05, 4.69) is 5.32 Å². The summed E-state index contributed by atoms with van der Waals surface area (Å²) in [7, 11) is 0. The zero-order valence-electron chi connectivity index (χ0n) is 14.0. The van der Waals surface area contributed by atoms with Crippen LogP contribution >= 0.6 is 23.2 Å². The molecule has 1 aliphatic rings. The molecule has 1 heterocycles. The van der Waals surface area contributed by atoms with Gasteiger partial charge in [-0.1, -0.05) is 59.6 Å². The van der Waals surface area contributed by atoms with E-state index in [1.54, 1.807) is 23.1 Å². The van der Waals surface area contributed by atoms with E-state index < -0.39 is 0 Å². The lowest BCUT2D eigenvalue weighted by Crippen LogP contribution is -2.32. The summed E-state index contributed by atoms with van der Waals surface area (Å²) >= 11 is 12.5. The molecule has 0 fully saturated rings. The van der Waals surface area contributed by atoms with Gasteiger partial charge in [0, 0.05) is 21.8 Å². The second-order valence-electron chi connectivity index (χ2n) is 6.22. The molecule has 3 aromatic rings. The van der Waals surface area contributed by atoms with Crippen molar-refractivity contribution in [1.29, 1.82) is 0 Å². The number of halogens is 2. The number of hydrogen-bond donors (Lipinski definition) is 1. The molecule has 1 aliphatic heterocycles. The summed E-state index contributed by atoms with van der Waals surface area (Å²) in [5.41, 5.74) is 4.18. The molecule has 3 aromatic carbocycles. The molecule has 0 saturated heterocycles. The fourth-order valence-electron chi connectivity index (χ4n) is 3.30. The zero-order valence-corrected chi connectivity index (χ0v) is 15.6. The third-order valence-electron chi connectivity index (χ3n) is 4.56. The van der Waals surface area contributed by atoms with Gasteiger partial charge < -0.3 is 5.32 Å². The van der Waals surface area contributed by atoms with Crippen molar-refractivity contribution in [1.82, 2.24) is 0 Å². The minimum absolute atomic E-state index is 0.0365. The molecule has 4 rings (SSSR count). The molecule has 0 bridgehead atoms. The van der Waals surface area contributed by atoms with Crippen molar-refractivity contribution < 1.29 is 4.79 Å². The van der Waals surface area contributed by atoms with Crippen LogP contribution in [-0.2, 0) is 0 Å². The van der Waals surface area contributed by atoms with Crippen LogP contribution in [0.4, 0.5) is 11.4 Å². The summed E-state index contributed by atoms with van der Waals surface area (Å²) in [6, 6.07) is 20.7. The van der Waals surface area contributed by atoms with Gasteiger partial charge in [0.2, 0.25) is 0 Å². The average Bonchev–Trinajstić information content (AvgIpc) is 2.91. The third kappa shape index (κ3) is 2.83. The highest BCUT2D eigenvalue weighted by Gasteiger charge is 2.38. The minimum Gasteiger partial charge on any atom is -0.360 e. The Bertz CT molecular complexity index is 1000. The number of nitrogens with one attached hydrogen (secondary N) is 1. The van der Waals surface area contributed by atoms with Crippen molar-refractivity contribution in [3.63, 3.8) is 0 Å². The van der Waals surface area contributed by atoms with E-state index in [0.717, 1.165) is 16.8 Å². The SMILES string of the molecule is Cc1ccccc1N1C(=O)c2ccccc2[C@H]1Nc1cc(Cl)ccc1Cl. The van der Waals surface area contributed by atoms with Crippen molar-refractivity contribution in [3.8, 4) is 0 Å². The van der Waals surface area contributed by atoms with Crippen LogP contribution in [0.25, 0.3) is 0 Å². The van der Waals surface area contributed by atoms with E-state index in [-0.39, 0.29) is 12.1 Å². The second-order valence-corrected chi connectivity index (χ2v) is 7.06. The van der Waals surface area contributed by atoms with Gasteiger partial charge in [-0.25, -0.2) is 0 Å². The Morgan fingerprint density at radius 3 is 2.50 bits per heavy atom. The first-order valence-corrected chi connectivity index (χ1v) is 9.01. The Morgan fingerprint density at radius 2 is 1.69 bits per heavy atom. The van der Waals surface area contributed by atoms with Crippen molar-refractivity contribution in [2.75, 3.05) is 10.2 Å². The van der Waals surface area contributed by atoms with Crippen molar-refractivity contribution >= 4 is 40.5 Å². The van der Waals surface area contributed by atoms with Gasteiger partial charge in [0.15, 0.2) is 0 Å². The van der Waals surface area contributed by atoms with Crippen molar-refractivity contribution in [2.24, 2.45) is 0 Å². The van der Waals surface area contributed by atoms with Crippen molar-refractivity contribution in [3.05, 3.63) is 93.5 Å². The first kappa shape index (κ1) is 17.0. The van der Waals surface area contributed by atoms with E-state index >= 15 is 0 Å². The minimum atomic E-state index is -0.365. The number of nitrogens with zero attached hydrogens (tertiary/aromatic N) is 1. The summed E-state index contributed by atoms with van der Waals surface area (Å²) < 4.78 is 0. The lowest BCUT2D eigenvalue weighted by Gasteiger charge is -2.28. The lowest BCUT2D eigenvalue weighted by atomic mass is 10.1. The van der Waals surface area contributed by atoms with E-state index in [0.29, 0.717) is 21.3 Å². The maximum absolute atomic E-state index is 13.1. The Morgan fingerprint density at radius 1 is 0.962 bits per heavy atom.